The molecule has 0 aliphatic rings. The van der Waals surface area contributed by atoms with Crippen LogP contribution in [0.15, 0.2) is 176 Å². The van der Waals surface area contributed by atoms with E-state index in [2.05, 4.69) is 190 Å². The number of hydrogen-bond donors (Lipinski definition) is 0. The lowest BCUT2D eigenvalue weighted by atomic mass is 10.1. The molecule has 0 amide bonds. The van der Waals surface area contributed by atoms with E-state index in [4.69, 9.17) is 0 Å². The van der Waals surface area contributed by atoms with Gasteiger partial charge in [0.2, 0.25) is 0 Å². The zero-order valence-electron chi connectivity index (χ0n) is 25.6. The quantitative estimate of drug-likeness (QED) is 0.191. The molecule has 0 spiro atoms. The Hall–Kier alpha value is -6.32. The predicted molar refractivity (Wildman–Crippen MR) is 197 cm³/mol. The Morgan fingerprint density at radius 2 is 0.766 bits per heavy atom. The van der Waals surface area contributed by atoms with Gasteiger partial charge in [-0.1, -0.05) is 103 Å². The minimum absolute atomic E-state index is 1.15. The van der Waals surface area contributed by atoms with E-state index in [1.807, 2.05) is 0 Å². The van der Waals surface area contributed by atoms with Crippen molar-refractivity contribution in [2.75, 3.05) is 0 Å². The molecule has 3 heterocycles. The van der Waals surface area contributed by atoms with Crippen LogP contribution in [-0.4, -0.2) is 13.7 Å². The zero-order chi connectivity index (χ0) is 30.9. The summed E-state index contributed by atoms with van der Waals surface area (Å²) in [5.41, 5.74) is 12.0. The smallest absolute Gasteiger partial charge is 0.0635 e. The molecule has 10 aromatic rings. The van der Waals surface area contributed by atoms with Crippen molar-refractivity contribution in [3.05, 3.63) is 176 Å². The molecule has 3 nitrogen and oxygen atoms in total. The second-order valence-electron chi connectivity index (χ2n) is 12.2. The summed E-state index contributed by atoms with van der Waals surface area (Å²) in [5.74, 6) is 0. The maximum atomic E-state index is 2.44. The van der Waals surface area contributed by atoms with Crippen LogP contribution in [0.4, 0.5) is 0 Å². The first kappa shape index (κ1) is 26.0. The van der Waals surface area contributed by atoms with E-state index < -0.39 is 0 Å². The Morgan fingerprint density at radius 3 is 1.40 bits per heavy atom. The van der Waals surface area contributed by atoms with Crippen LogP contribution in [-0.2, 0) is 0 Å². The van der Waals surface area contributed by atoms with Crippen molar-refractivity contribution in [3.8, 4) is 28.2 Å². The Kier molecular flexibility index (Phi) is 5.57. The van der Waals surface area contributed by atoms with Gasteiger partial charge < -0.3 is 13.7 Å². The van der Waals surface area contributed by atoms with Gasteiger partial charge in [0.05, 0.1) is 27.6 Å². The van der Waals surface area contributed by atoms with Crippen molar-refractivity contribution in [1.29, 1.82) is 0 Å². The number of fused-ring (bicyclic) bond motifs is 8. The van der Waals surface area contributed by atoms with Crippen molar-refractivity contribution in [1.82, 2.24) is 13.7 Å². The molecule has 0 bridgehead atoms. The summed E-state index contributed by atoms with van der Waals surface area (Å²) in [6.07, 6.45) is 2.20. The van der Waals surface area contributed by atoms with Crippen molar-refractivity contribution in [2.45, 2.75) is 0 Å². The van der Waals surface area contributed by atoms with Crippen LogP contribution in [0.25, 0.3) is 82.7 Å². The van der Waals surface area contributed by atoms with Gasteiger partial charge in [0.25, 0.3) is 0 Å². The van der Waals surface area contributed by atoms with Crippen molar-refractivity contribution in [3.63, 3.8) is 0 Å². The Labute approximate surface area is 271 Å². The topological polar surface area (TPSA) is 14.8 Å². The van der Waals surface area contributed by atoms with Crippen LogP contribution in [0.3, 0.4) is 0 Å². The van der Waals surface area contributed by atoms with Gasteiger partial charge in [-0.05, 0) is 77.9 Å². The molecule has 10 rings (SSSR count). The van der Waals surface area contributed by atoms with Crippen LogP contribution in [0.1, 0.15) is 0 Å². The molecule has 0 N–H and O–H groups in total. The third-order valence-corrected chi connectivity index (χ3v) is 9.70. The molecule has 0 aliphatic heterocycles. The van der Waals surface area contributed by atoms with Gasteiger partial charge in [-0.2, -0.15) is 0 Å². The first-order chi connectivity index (χ1) is 23.3. The molecular formula is C44H29N3. The summed E-state index contributed by atoms with van der Waals surface area (Å²) in [7, 11) is 0. The number of nitrogens with zero attached hydrogens (tertiary/aromatic N) is 3. The summed E-state index contributed by atoms with van der Waals surface area (Å²) in [4.78, 5) is 0. The summed E-state index contributed by atoms with van der Waals surface area (Å²) in [5, 5.41) is 6.30. The fourth-order valence-corrected chi connectivity index (χ4v) is 7.57. The fourth-order valence-electron chi connectivity index (χ4n) is 7.57. The van der Waals surface area contributed by atoms with E-state index in [1.165, 1.54) is 65.6 Å². The summed E-state index contributed by atoms with van der Waals surface area (Å²) in [6, 6.07) is 61.4. The zero-order valence-corrected chi connectivity index (χ0v) is 25.6. The van der Waals surface area contributed by atoms with Gasteiger partial charge in [0.15, 0.2) is 0 Å². The van der Waals surface area contributed by atoms with Crippen molar-refractivity contribution >= 4 is 54.5 Å². The van der Waals surface area contributed by atoms with Crippen LogP contribution in [0.2, 0.25) is 0 Å². The summed E-state index contributed by atoms with van der Waals surface area (Å²) < 4.78 is 7.12. The van der Waals surface area contributed by atoms with Crippen LogP contribution >= 0.6 is 0 Å². The van der Waals surface area contributed by atoms with Gasteiger partial charge in [0, 0.05) is 50.2 Å². The first-order valence-electron chi connectivity index (χ1n) is 16.1. The minimum atomic E-state index is 1.15. The molecule has 7 aromatic carbocycles. The number of hydrogen-bond acceptors (Lipinski definition) is 0. The molecule has 47 heavy (non-hydrogen) atoms. The van der Waals surface area contributed by atoms with Gasteiger partial charge >= 0.3 is 0 Å². The molecule has 220 valence electrons. The number of rotatable bonds is 4. The third-order valence-electron chi connectivity index (χ3n) is 9.70. The number of aromatic nitrogens is 3. The highest BCUT2D eigenvalue weighted by Crippen LogP contribution is 2.38. The minimum Gasteiger partial charge on any atom is -0.316 e. The molecule has 0 unspecified atom stereocenters. The Bertz CT molecular complexity index is 2700. The maximum absolute atomic E-state index is 2.44. The normalized spacial score (nSPS) is 11.8. The van der Waals surface area contributed by atoms with Crippen LogP contribution in [0.5, 0.6) is 0 Å². The lowest BCUT2D eigenvalue weighted by molar-refractivity contribution is 1.13. The lowest BCUT2D eigenvalue weighted by Crippen LogP contribution is -1.97. The Balaban J connectivity index is 1.14. The van der Waals surface area contributed by atoms with E-state index in [0.29, 0.717) is 0 Å². The van der Waals surface area contributed by atoms with E-state index in [9.17, 15) is 0 Å². The van der Waals surface area contributed by atoms with Gasteiger partial charge in [0.1, 0.15) is 0 Å². The highest BCUT2D eigenvalue weighted by molar-refractivity contribution is 6.18. The molecule has 3 heteroatoms. The number of benzene rings is 7. The van der Waals surface area contributed by atoms with E-state index in [1.54, 1.807) is 0 Å². The largest absolute Gasteiger partial charge is 0.316 e. The van der Waals surface area contributed by atoms with Gasteiger partial charge in [-0.3, -0.25) is 0 Å². The average Bonchev–Trinajstić information content (AvgIpc) is 3.83. The third kappa shape index (κ3) is 3.87. The summed E-state index contributed by atoms with van der Waals surface area (Å²) in [6.45, 7) is 0. The van der Waals surface area contributed by atoms with Crippen LogP contribution in [0, 0.1) is 0 Å². The molecule has 0 radical (unpaired) electrons. The standard InChI is InChI=1S/C44H29N3/c1-2-10-30(11-3-1)31-18-20-32(21-19-31)45-29-28-39-40(45)27-26-38-37-14-6-9-17-43(37)47(44(38)39)34-24-22-33(23-25-34)46-41-15-7-4-12-35(41)36-13-5-8-16-42(36)46/h1-29H. The first-order valence-corrected chi connectivity index (χ1v) is 16.1. The van der Waals surface area contributed by atoms with E-state index >= 15 is 0 Å². The van der Waals surface area contributed by atoms with E-state index in [0.717, 1.165) is 17.1 Å². The molecule has 0 atom stereocenters. The van der Waals surface area contributed by atoms with Crippen molar-refractivity contribution in [2.24, 2.45) is 0 Å². The second kappa shape index (κ2) is 10.1. The predicted octanol–water partition coefficient (Wildman–Crippen LogP) is 11.5. The number of para-hydroxylation sites is 3. The van der Waals surface area contributed by atoms with E-state index in [-0.39, 0.29) is 0 Å². The average molecular weight is 600 g/mol. The van der Waals surface area contributed by atoms with Gasteiger partial charge in [-0.25, -0.2) is 0 Å². The second-order valence-corrected chi connectivity index (χ2v) is 12.2. The monoisotopic (exact) mass is 599 g/mol. The molecule has 0 saturated heterocycles. The molecule has 3 aromatic heterocycles. The van der Waals surface area contributed by atoms with Gasteiger partial charge in [-0.15, -0.1) is 0 Å². The summed E-state index contributed by atoms with van der Waals surface area (Å²) >= 11 is 0. The maximum Gasteiger partial charge on any atom is 0.0635 e. The van der Waals surface area contributed by atoms with Crippen molar-refractivity contribution < 1.29 is 0 Å². The SMILES string of the molecule is c1ccc(-c2ccc(-n3ccc4c3ccc3c5ccccc5n(-c5ccc(-n6c7ccccc7c7ccccc76)cc5)c34)cc2)cc1. The Morgan fingerprint density at radius 1 is 0.277 bits per heavy atom. The lowest BCUT2D eigenvalue weighted by Gasteiger charge is -2.12. The molecule has 0 fully saturated rings. The highest BCUT2D eigenvalue weighted by atomic mass is 15.0. The molecule has 0 saturated carbocycles. The fraction of sp³-hybridized carbons (Fsp3) is 0. The van der Waals surface area contributed by atoms with Crippen LogP contribution < -0.4 is 0 Å². The molecular weight excluding hydrogens is 571 g/mol. The highest BCUT2D eigenvalue weighted by Gasteiger charge is 2.18. The molecule has 0 aliphatic carbocycles.